The van der Waals surface area contributed by atoms with Crippen molar-refractivity contribution in [2.24, 2.45) is 4.40 Å². The molecule has 24 heavy (non-hydrogen) atoms. The Morgan fingerprint density at radius 3 is 2.08 bits per heavy atom. The summed E-state index contributed by atoms with van der Waals surface area (Å²) in [6, 6.07) is 16.4. The highest BCUT2D eigenvalue weighted by molar-refractivity contribution is 7.90. The maximum absolute atomic E-state index is 12.6. The SMILES string of the molecule is CCN(CC)C(Cc1ccc(C)cc1)=NS(=O)(=O)c1ccccc1. The van der Waals surface area contributed by atoms with Gasteiger partial charge >= 0.3 is 0 Å². The van der Waals surface area contributed by atoms with Crippen molar-refractivity contribution in [1.82, 2.24) is 4.90 Å². The van der Waals surface area contributed by atoms with Crippen LogP contribution in [0.1, 0.15) is 25.0 Å². The highest BCUT2D eigenvalue weighted by atomic mass is 32.2. The minimum atomic E-state index is -3.71. The number of nitrogens with zero attached hydrogens (tertiary/aromatic N) is 2. The molecule has 0 saturated carbocycles. The molecule has 4 nitrogen and oxygen atoms in total. The molecule has 0 N–H and O–H groups in total. The molecule has 0 saturated heterocycles. The summed E-state index contributed by atoms with van der Waals surface area (Å²) < 4.78 is 29.4. The third-order valence-corrected chi connectivity index (χ3v) is 5.20. The highest BCUT2D eigenvalue weighted by Gasteiger charge is 2.17. The lowest BCUT2D eigenvalue weighted by Gasteiger charge is -2.23. The first-order valence-electron chi connectivity index (χ1n) is 8.15. The number of hydrogen-bond donors (Lipinski definition) is 0. The standard InChI is InChI=1S/C19H24N2O2S/c1-4-21(5-2)19(15-17-13-11-16(3)12-14-17)20-24(22,23)18-9-7-6-8-10-18/h6-14H,4-5,15H2,1-3H3. The van der Waals surface area contributed by atoms with Gasteiger partial charge in [0.25, 0.3) is 10.0 Å². The largest absolute Gasteiger partial charge is 0.360 e. The Balaban J connectivity index is 2.40. The normalized spacial score (nSPS) is 12.2. The van der Waals surface area contributed by atoms with Gasteiger partial charge in [0.05, 0.1) is 4.90 Å². The van der Waals surface area contributed by atoms with Gasteiger partial charge < -0.3 is 4.90 Å². The maximum atomic E-state index is 12.6. The zero-order chi connectivity index (χ0) is 17.6. The Hall–Kier alpha value is -2.14. The Labute approximate surface area is 144 Å². The van der Waals surface area contributed by atoms with Crippen LogP contribution in [0.2, 0.25) is 0 Å². The molecule has 0 amide bonds. The minimum Gasteiger partial charge on any atom is -0.360 e. The van der Waals surface area contributed by atoms with Crippen molar-refractivity contribution in [2.45, 2.75) is 32.1 Å². The molecule has 2 rings (SSSR count). The molecule has 2 aromatic rings. The van der Waals surface area contributed by atoms with Crippen LogP contribution < -0.4 is 0 Å². The van der Waals surface area contributed by atoms with Gasteiger partial charge in [-0.15, -0.1) is 4.40 Å². The number of rotatable bonds is 6. The topological polar surface area (TPSA) is 49.7 Å². The van der Waals surface area contributed by atoms with Gasteiger partial charge in [-0.25, -0.2) is 0 Å². The van der Waals surface area contributed by atoms with Crippen molar-refractivity contribution >= 4 is 15.9 Å². The van der Waals surface area contributed by atoms with E-state index in [2.05, 4.69) is 4.40 Å². The molecule has 0 radical (unpaired) electrons. The number of benzene rings is 2. The summed E-state index contributed by atoms with van der Waals surface area (Å²) in [5, 5.41) is 0. The lowest BCUT2D eigenvalue weighted by Crippen LogP contribution is -2.33. The molecule has 0 heterocycles. The number of likely N-dealkylation sites (N-methyl/N-ethyl adjacent to an activating group) is 1. The summed E-state index contributed by atoms with van der Waals surface area (Å²) in [5.41, 5.74) is 2.23. The molecule has 5 heteroatoms. The Morgan fingerprint density at radius 1 is 0.958 bits per heavy atom. The first-order chi connectivity index (χ1) is 11.5. The third-order valence-electron chi connectivity index (χ3n) is 3.88. The predicted molar refractivity (Wildman–Crippen MR) is 98.9 cm³/mol. The molecular formula is C19H24N2O2S. The van der Waals surface area contributed by atoms with E-state index in [4.69, 9.17) is 0 Å². The van der Waals surface area contributed by atoms with E-state index < -0.39 is 10.0 Å². The Morgan fingerprint density at radius 2 is 1.54 bits per heavy atom. The first kappa shape index (κ1) is 18.2. The molecule has 0 bridgehead atoms. The molecule has 0 atom stereocenters. The monoisotopic (exact) mass is 344 g/mol. The first-order valence-corrected chi connectivity index (χ1v) is 9.59. The lowest BCUT2D eigenvalue weighted by atomic mass is 10.1. The smallest absolute Gasteiger partial charge is 0.283 e. The maximum Gasteiger partial charge on any atom is 0.283 e. The molecule has 0 aliphatic heterocycles. The summed E-state index contributed by atoms with van der Waals surface area (Å²) in [7, 11) is -3.71. The van der Waals surface area contributed by atoms with Crippen LogP contribution in [0, 0.1) is 6.92 Å². The quantitative estimate of drug-likeness (QED) is 0.593. The molecule has 0 aliphatic rings. The Kier molecular flexibility index (Phi) is 6.15. The van der Waals surface area contributed by atoms with Crippen LogP contribution in [0.4, 0.5) is 0 Å². The second-order valence-corrected chi connectivity index (χ2v) is 7.23. The summed E-state index contributed by atoms with van der Waals surface area (Å²) in [6.07, 6.45) is 0.494. The van der Waals surface area contributed by atoms with E-state index in [9.17, 15) is 8.42 Å². The second kappa shape index (κ2) is 8.11. The fraction of sp³-hybridized carbons (Fsp3) is 0.316. The van der Waals surface area contributed by atoms with E-state index in [1.54, 1.807) is 30.3 Å². The van der Waals surface area contributed by atoms with Crippen LogP contribution >= 0.6 is 0 Å². The molecule has 0 unspecified atom stereocenters. The number of sulfonamides is 1. The fourth-order valence-electron chi connectivity index (χ4n) is 2.46. The second-order valence-electron chi connectivity index (χ2n) is 5.63. The van der Waals surface area contributed by atoms with Crippen LogP contribution in [0.3, 0.4) is 0 Å². The van der Waals surface area contributed by atoms with E-state index in [-0.39, 0.29) is 4.90 Å². The van der Waals surface area contributed by atoms with Crippen molar-refractivity contribution in [3.63, 3.8) is 0 Å². The predicted octanol–water partition coefficient (Wildman–Crippen LogP) is 3.67. The van der Waals surface area contributed by atoms with Crippen molar-refractivity contribution < 1.29 is 8.42 Å². The summed E-state index contributed by atoms with van der Waals surface area (Å²) in [5.74, 6) is 0.577. The van der Waals surface area contributed by atoms with Crippen LogP contribution in [0.15, 0.2) is 63.9 Å². The van der Waals surface area contributed by atoms with E-state index in [1.165, 1.54) is 5.56 Å². The minimum absolute atomic E-state index is 0.221. The zero-order valence-corrected chi connectivity index (χ0v) is 15.3. The molecule has 0 fully saturated rings. The van der Waals surface area contributed by atoms with Gasteiger partial charge in [-0.2, -0.15) is 8.42 Å². The van der Waals surface area contributed by atoms with E-state index in [0.717, 1.165) is 5.56 Å². The molecule has 0 aliphatic carbocycles. The average Bonchev–Trinajstić information content (AvgIpc) is 2.58. The molecule has 0 aromatic heterocycles. The summed E-state index contributed by atoms with van der Waals surface area (Å²) in [4.78, 5) is 2.21. The van der Waals surface area contributed by atoms with Gasteiger partial charge in [-0.1, -0.05) is 48.0 Å². The fourth-order valence-corrected chi connectivity index (χ4v) is 3.53. The van der Waals surface area contributed by atoms with Crippen molar-refractivity contribution in [1.29, 1.82) is 0 Å². The van der Waals surface area contributed by atoms with E-state index >= 15 is 0 Å². The van der Waals surface area contributed by atoms with Crippen molar-refractivity contribution in [3.8, 4) is 0 Å². The Bertz CT molecular complexity index is 778. The molecule has 128 valence electrons. The van der Waals surface area contributed by atoms with Crippen LogP contribution in [-0.2, 0) is 16.4 Å². The van der Waals surface area contributed by atoms with Gasteiger partial charge in [0.2, 0.25) is 0 Å². The van der Waals surface area contributed by atoms with Crippen molar-refractivity contribution in [2.75, 3.05) is 13.1 Å². The molecule has 2 aromatic carbocycles. The van der Waals surface area contributed by atoms with Gasteiger partial charge in [0, 0.05) is 19.5 Å². The number of aryl methyl sites for hydroxylation is 1. The van der Waals surface area contributed by atoms with Gasteiger partial charge in [0.1, 0.15) is 5.84 Å². The van der Waals surface area contributed by atoms with Gasteiger partial charge in [0.15, 0.2) is 0 Å². The molecule has 0 spiro atoms. The average molecular weight is 344 g/mol. The van der Waals surface area contributed by atoms with Crippen LogP contribution in [0.5, 0.6) is 0 Å². The summed E-state index contributed by atoms with van der Waals surface area (Å²) in [6.45, 7) is 7.46. The van der Waals surface area contributed by atoms with Crippen LogP contribution in [0.25, 0.3) is 0 Å². The van der Waals surface area contributed by atoms with E-state index in [1.807, 2.05) is 49.9 Å². The third kappa shape index (κ3) is 4.68. The lowest BCUT2D eigenvalue weighted by molar-refractivity contribution is 0.458. The summed E-state index contributed by atoms with van der Waals surface area (Å²) >= 11 is 0. The van der Waals surface area contributed by atoms with Crippen LogP contribution in [-0.4, -0.2) is 32.2 Å². The van der Waals surface area contributed by atoms with E-state index in [0.29, 0.717) is 25.3 Å². The van der Waals surface area contributed by atoms with Gasteiger partial charge in [-0.3, -0.25) is 0 Å². The number of amidine groups is 1. The molecular weight excluding hydrogens is 320 g/mol. The zero-order valence-electron chi connectivity index (χ0n) is 14.4. The van der Waals surface area contributed by atoms with Gasteiger partial charge in [-0.05, 0) is 38.5 Å². The number of hydrogen-bond acceptors (Lipinski definition) is 2. The van der Waals surface area contributed by atoms with Crippen molar-refractivity contribution in [3.05, 3.63) is 65.7 Å². The highest BCUT2D eigenvalue weighted by Crippen LogP contribution is 2.14.